The summed E-state index contributed by atoms with van der Waals surface area (Å²) in [5.74, 6) is 1.34. The highest BCUT2D eigenvalue weighted by atomic mass is 32.2. The average Bonchev–Trinajstić information content (AvgIpc) is 2.06. The molecule has 1 aliphatic rings. The molecule has 1 rings (SSSR count). The van der Waals surface area contributed by atoms with Crippen LogP contribution in [0.3, 0.4) is 0 Å². The molecule has 0 aromatic heterocycles. The molecular formula is C9H19NS. The molecule has 1 unspecified atom stereocenters. The lowest BCUT2D eigenvalue weighted by Gasteiger charge is -2.35. The molecule has 1 saturated heterocycles. The van der Waals surface area contributed by atoms with Gasteiger partial charge < -0.3 is 5.73 Å². The summed E-state index contributed by atoms with van der Waals surface area (Å²) in [7, 11) is 0. The van der Waals surface area contributed by atoms with E-state index in [2.05, 4.69) is 25.6 Å². The van der Waals surface area contributed by atoms with Crippen molar-refractivity contribution in [1.82, 2.24) is 0 Å². The minimum absolute atomic E-state index is 0.352. The highest BCUT2D eigenvalue weighted by Gasteiger charge is 2.29. The molecule has 11 heavy (non-hydrogen) atoms. The van der Waals surface area contributed by atoms with Gasteiger partial charge in [-0.15, -0.1) is 0 Å². The molecule has 1 atom stereocenters. The Bertz CT molecular complexity index is 117. The van der Waals surface area contributed by atoms with Crippen molar-refractivity contribution in [1.29, 1.82) is 0 Å². The molecule has 1 nitrogen and oxygen atoms in total. The third-order valence-corrected chi connectivity index (χ3v) is 4.38. The van der Waals surface area contributed by atoms with E-state index in [1.807, 2.05) is 0 Å². The first-order chi connectivity index (χ1) is 5.17. The predicted octanol–water partition coefficient (Wildman–Crippen LogP) is 2.26. The molecule has 1 aliphatic heterocycles. The molecule has 2 N–H and O–H groups in total. The van der Waals surface area contributed by atoms with E-state index in [0.29, 0.717) is 5.41 Å². The summed E-state index contributed by atoms with van der Waals surface area (Å²) in [5.41, 5.74) is 6.08. The Balaban J connectivity index is 2.43. The number of hydrogen-bond donors (Lipinski definition) is 1. The maximum Gasteiger partial charge on any atom is 0.0110 e. The first-order valence-electron chi connectivity index (χ1n) is 4.48. The molecule has 0 radical (unpaired) electrons. The van der Waals surface area contributed by atoms with Crippen LogP contribution in [0.25, 0.3) is 0 Å². The molecule has 66 valence electrons. The lowest BCUT2D eigenvalue weighted by Crippen LogP contribution is -2.35. The largest absolute Gasteiger partial charge is 0.330 e. The van der Waals surface area contributed by atoms with Gasteiger partial charge >= 0.3 is 0 Å². The zero-order valence-corrected chi connectivity index (χ0v) is 8.41. The smallest absolute Gasteiger partial charge is 0.0110 e. The highest BCUT2D eigenvalue weighted by Crippen LogP contribution is 2.37. The van der Waals surface area contributed by atoms with Crippen molar-refractivity contribution in [3.05, 3.63) is 0 Å². The average molecular weight is 173 g/mol. The third-order valence-electron chi connectivity index (χ3n) is 2.58. The van der Waals surface area contributed by atoms with E-state index in [1.165, 1.54) is 25.0 Å². The Morgan fingerprint density at radius 2 is 2.18 bits per heavy atom. The van der Waals surface area contributed by atoms with Gasteiger partial charge in [-0.1, -0.05) is 20.3 Å². The standard InChI is InChI=1S/C9H19NS/c1-9(2,7-10)8-5-3-4-6-11-8/h8H,3-7,10H2,1-2H3. The zero-order chi connectivity index (χ0) is 8.32. The van der Waals surface area contributed by atoms with Gasteiger partial charge in [0, 0.05) is 5.25 Å². The second kappa shape index (κ2) is 3.81. The fraction of sp³-hybridized carbons (Fsp3) is 1.00. The SMILES string of the molecule is CC(C)(CN)C1CCCCS1. The summed E-state index contributed by atoms with van der Waals surface area (Å²) in [4.78, 5) is 0. The normalized spacial score (nSPS) is 27.0. The van der Waals surface area contributed by atoms with Crippen LogP contribution in [0, 0.1) is 5.41 Å². The number of rotatable bonds is 2. The van der Waals surface area contributed by atoms with E-state index in [9.17, 15) is 0 Å². The van der Waals surface area contributed by atoms with Crippen molar-refractivity contribution in [3.8, 4) is 0 Å². The predicted molar refractivity (Wildman–Crippen MR) is 52.9 cm³/mol. The van der Waals surface area contributed by atoms with Crippen LogP contribution in [0.15, 0.2) is 0 Å². The van der Waals surface area contributed by atoms with Crippen LogP contribution in [-0.2, 0) is 0 Å². The minimum Gasteiger partial charge on any atom is -0.330 e. The van der Waals surface area contributed by atoms with Crippen LogP contribution < -0.4 is 5.73 Å². The molecule has 0 saturated carbocycles. The first kappa shape index (κ1) is 9.40. The van der Waals surface area contributed by atoms with Crippen molar-refractivity contribution in [2.45, 2.75) is 38.4 Å². The van der Waals surface area contributed by atoms with Gasteiger partial charge in [0.2, 0.25) is 0 Å². The van der Waals surface area contributed by atoms with Gasteiger partial charge in [0.1, 0.15) is 0 Å². The molecule has 2 heteroatoms. The summed E-state index contributed by atoms with van der Waals surface area (Å²) in [6.07, 6.45) is 4.18. The number of hydrogen-bond acceptors (Lipinski definition) is 2. The van der Waals surface area contributed by atoms with Gasteiger partial charge in [0.15, 0.2) is 0 Å². The molecule has 0 amide bonds. The van der Waals surface area contributed by atoms with Crippen LogP contribution in [0.4, 0.5) is 0 Å². The van der Waals surface area contributed by atoms with Gasteiger partial charge in [0.25, 0.3) is 0 Å². The monoisotopic (exact) mass is 173 g/mol. The Hall–Kier alpha value is 0.310. The van der Waals surface area contributed by atoms with Crippen LogP contribution in [0.5, 0.6) is 0 Å². The van der Waals surface area contributed by atoms with Gasteiger partial charge in [-0.05, 0) is 30.6 Å². The van der Waals surface area contributed by atoms with E-state index < -0.39 is 0 Å². The molecular weight excluding hydrogens is 154 g/mol. The van der Waals surface area contributed by atoms with Crippen molar-refractivity contribution < 1.29 is 0 Å². The summed E-state index contributed by atoms with van der Waals surface area (Å²) >= 11 is 2.11. The molecule has 0 aromatic rings. The second-order valence-electron chi connectivity index (χ2n) is 4.05. The third kappa shape index (κ3) is 2.38. The van der Waals surface area contributed by atoms with Gasteiger partial charge in [-0.25, -0.2) is 0 Å². The molecule has 0 bridgehead atoms. The minimum atomic E-state index is 0.352. The van der Waals surface area contributed by atoms with E-state index in [-0.39, 0.29) is 0 Å². The first-order valence-corrected chi connectivity index (χ1v) is 5.53. The topological polar surface area (TPSA) is 26.0 Å². The Labute approximate surface area is 74.1 Å². The van der Waals surface area contributed by atoms with Gasteiger partial charge in [-0.2, -0.15) is 11.8 Å². The van der Waals surface area contributed by atoms with Crippen LogP contribution in [0.2, 0.25) is 0 Å². The summed E-state index contributed by atoms with van der Waals surface area (Å²) in [6, 6.07) is 0. The van der Waals surface area contributed by atoms with Crippen LogP contribution >= 0.6 is 11.8 Å². The lowest BCUT2D eigenvalue weighted by molar-refractivity contribution is 0.341. The number of nitrogens with two attached hydrogens (primary N) is 1. The Morgan fingerprint density at radius 1 is 1.45 bits per heavy atom. The van der Waals surface area contributed by atoms with Crippen molar-refractivity contribution in [3.63, 3.8) is 0 Å². The maximum absolute atomic E-state index is 5.72. The Kier molecular flexibility index (Phi) is 3.26. The van der Waals surface area contributed by atoms with Crippen molar-refractivity contribution in [2.75, 3.05) is 12.3 Å². The van der Waals surface area contributed by atoms with Crippen molar-refractivity contribution in [2.24, 2.45) is 11.1 Å². The van der Waals surface area contributed by atoms with Crippen LogP contribution in [-0.4, -0.2) is 17.5 Å². The van der Waals surface area contributed by atoms with Gasteiger partial charge in [-0.3, -0.25) is 0 Å². The molecule has 0 aromatic carbocycles. The highest BCUT2D eigenvalue weighted by molar-refractivity contribution is 8.00. The molecule has 0 spiro atoms. The van der Waals surface area contributed by atoms with E-state index in [4.69, 9.17) is 5.73 Å². The van der Waals surface area contributed by atoms with E-state index >= 15 is 0 Å². The molecule has 1 fully saturated rings. The van der Waals surface area contributed by atoms with E-state index in [0.717, 1.165) is 11.8 Å². The lowest BCUT2D eigenvalue weighted by atomic mass is 9.86. The fourth-order valence-electron chi connectivity index (χ4n) is 1.49. The molecule has 0 aliphatic carbocycles. The van der Waals surface area contributed by atoms with Gasteiger partial charge in [0.05, 0.1) is 0 Å². The maximum atomic E-state index is 5.72. The number of thioether (sulfide) groups is 1. The van der Waals surface area contributed by atoms with Crippen LogP contribution in [0.1, 0.15) is 33.1 Å². The molecule has 1 heterocycles. The van der Waals surface area contributed by atoms with Crippen molar-refractivity contribution >= 4 is 11.8 Å². The summed E-state index contributed by atoms with van der Waals surface area (Å²) in [5, 5.41) is 0.807. The zero-order valence-electron chi connectivity index (χ0n) is 7.60. The second-order valence-corrected chi connectivity index (χ2v) is 5.36. The summed E-state index contributed by atoms with van der Waals surface area (Å²) in [6.45, 7) is 5.40. The fourth-order valence-corrected chi connectivity index (χ4v) is 3.02. The van der Waals surface area contributed by atoms with E-state index in [1.54, 1.807) is 0 Å². The Morgan fingerprint density at radius 3 is 2.64 bits per heavy atom. The summed E-state index contributed by atoms with van der Waals surface area (Å²) < 4.78 is 0. The quantitative estimate of drug-likeness (QED) is 0.693.